The maximum Gasteiger partial charge on any atom is 0.157 e. The minimum atomic E-state index is 0.354. The number of nitrogens with one attached hydrogen (secondary N) is 1. The lowest BCUT2D eigenvalue weighted by molar-refractivity contribution is 0.177. The van der Waals surface area contributed by atoms with Crippen molar-refractivity contribution >= 4 is 40.8 Å². The second-order valence-corrected chi connectivity index (χ2v) is 5.77. The smallest absolute Gasteiger partial charge is 0.157 e. The molecule has 106 valence electrons. The van der Waals surface area contributed by atoms with Crippen molar-refractivity contribution in [1.82, 2.24) is 9.97 Å². The van der Waals surface area contributed by atoms with Crippen LogP contribution in [0.3, 0.4) is 0 Å². The SMILES string of the molecule is CNc1cc(Sc2cc(Cl)ccc2Cl)nc(COC)n1. The first-order valence-corrected chi connectivity index (χ1v) is 7.37. The molecule has 20 heavy (non-hydrogen) atoms. The standard InChI is InChI=1S/C13H13Cl2N3OS/c1-16-11-6-13(18-12(17-11)7-19-2)20-10-5-8(14)3-4-9(10)15/h3-6H,7H2,1-2H3,(H,16,17,18). The highest BCUT2D eigenvalue weighted by molar-refractivity contribution is 7.99. The third-order valence-corrected chi connectivity index (χ3v) is 4.04. The number of rotatable bonds is 5. The number of benzene rings is 1. The van der Waals surface area contributed by atoms with E-state index in [4.69, 9.17) is 27.9 Å². The van der Waals surface area contributed by atoms with E-state index in [1.807, 2.05) is 12.1 Å². The molecule has 7 heteroatoms. The Morgan fingerprint density at radius 1 is 1.25 bits per heavy atom. The Morgan fingerprint density at radius 2 is 2.05 bits per heavy atom. The van der Waals surface area contributed by atoms with Crippen LogP contribution in [0.2, 0.25) is 10.0 Å². The molecule has 1 aromatic carbocycles. The molecule has 0 fully saturated rings. The molecule has 0 aliphatic rings. The van der Waals surface area contributed by atoms with Gasteiger partial charge in [0, 0.05) is 30.1 Å². The lowest BCUT2D eigenvalue weighted by atomic mass is 10.4. The molecule has 0 saturated heterocycles. The molecule has 1 N–H and O–H groups in total. The van der Waals surface area contributed by atoms with Crippen LogP contribution in [0.15, 0.2) is 34.2 Å². The van der Waals surface area contributed by atoms with Gasteiger partial charge in [-0.05, 0) is 18.2 Å². The van der Waals surface area contributed by atoms with Crippen molar-refractivity contribution in [3.05, 3.63) is 40.1 Å². The molecule has 0 spiro atoms. The van der Waals surface area contributed by atoms with E-state index in [2.05, 4.69) is 15.3 Å². The van der Waals surface area contributed by atoms with Gasteiger partial charge in [-0.15, -0.1) is 0 Å². The van der Waals surface area contributed by atoms with Gasteiger partial charge in [0.1, 0.15) is 17.5 Å². The van der Waals surface area contributed by atoms with E-state index in [0.717, 1.165) is 15.7 Å². The van der Waals surface area contributed by atoms with Gasteiger partial charge in [-0.25, -0.2) is 9.97 Å². The number of ether oxygens (including phenoxy) is 1. The topological polar surface area (TPSA) is 47.0 Å². The zero-order valence-electron chi connectivity index (χ0n) is 11.0. The van der Waals surface area contributed by atoms with Gasteiger partial charge in [0.15, 0.2) is 5.82 Å². The van der Waals surface area contributed by atoms with Gasteiger partial charge < -0.3 is 10.1 Å². The van der Waals surface area contributed by atoms with E-state index in [-0.39, 0.29) is 0 Å². The summed E-state index contributed by atoms with van der Waals surface area (Å²) in [7, 11) is 3.41. The average molecular weight is 330 g/mol. The molecule has 2 rings (SSSR count). The number of halogens is 2. The first-order valence-electron chi connectivity index (χ1n) is 5.80. The van der Waals surface area contributed by atoms with Crippen LogP contribution in [0, 0.1) is 0 Å². The molecule has 0 saturated carbocycles. The summed E-state index contributed by atoms with van der Waals surface area (Å²) in [4.78, 5) is 9.58. The molecule has 0 amide bonds. The number of nitrogens with zero attached hydrogens (tertiary/aromatic N) is 2. The number of methoxy groups -OCH3 is 1. The van der Waals surface area contributed by atoms with E-state index < -0.39 is 0 Å². The van der Waals surface area contributed by atoms with Crippen molar-refractivity contribution in [1.29, 1.82) is 0 Å². The largest absolute Gasteiger partial charge is 0.377 e. The maximum atomic E-state index is 6.16. The van der Waals surface area contributed by atoms with E-state index in [1.165, 1.54) is 11.8 Å². The van der Waals surface area contributed by atoms with Gasteiger partial charge in [0.05, 0.1) is 5.02 Å². The normalized spacial score (nSPS) is 10.6. The summed E-state index contributed by atoms with van der Waals surface area (Å²) in [5, 5.41) is 5.05. The lowest BCUT2D eigenvalue weighted by Gasteiger charge is -2.08. The van der Waals surface area contributed by atoms with Crippen LogP contribution in [-0.2, 0) is 11.3 Å². The predicted octanol–water partition coefficient (Wildman–Crippen LogP) is 4.12. The summed E-state index contributed by atoms with van der Waals surface area (Å²) in [6.45, 7) is 0.354. The zero-order chi connectivity index (χ0) is 14.5. The Hall–Kier alpha value is -1.01. The summed E-state index contributed by atoms with van der Waals surface area (Å²) in [5.74, 6) is 1.34. The molecule has 0 unspecified atom stereocenters. The van der Waals surface area contributed by atoms with Gasteiger partial charge in [-0.2, -0.15) is 0 Å². The molecular formula is C13H13Cl2N3OS. The summed E-state index contributed by atoms with van der Waals surface area (Å²) in [6, 6.07) is 7.18. The number of anilines is 1. The highest BCUT2D eigenvalue weighted by Gasteiger charge is 2.08. The van der Waals surface area contributed by atoms with Gasteiger partial charge in [-0.1, -0.05) is 35.0 Å². The van der Waals surface area contributed by atoms with Crippen LogP contribution >= 0.6 is 35.0 Å². The second-order valence-electron chi connectivity index (χ2n) is 3.87. The second kappa shape index (κ2) is 7.13. The third-order valence-electron chi connectivity index (χ3n) is 2.39. The Bertz CT molecular complexity index is 610. The number of hydrogen-bond donors (Lipinski definition) is 1. The van der Waals surface area contributed by atoms with Crippen molar-refractivity contribution in [2.75, 3.05) is 19.5 Å². The quantitative estimate of drug-likeness (QED) is 0.836. The van der Waals surface area contributed by atoms with Crippen molar-refractivity contribution in [3.63, 3.8) is 0 Å². The molecule has 4 nitrogen and oxygen atoms in total. The fourth-order valence-electron chi connectivity index (χ4n) is 1.51. The highest BCUT2D eigenvalue weighted by atomic mass is 35.5. The van der Waals surface area contributed by atoms with Crippen LogP contribution in [-0.4, -0.2) is 24.1 Å². The van der Waals surface area contributed by atoms with E-state index in [9.17, 15) is 0 Å². The number of aromatic nitrogens is 2. The Labute approximate surface area is 131 Å². The molecule has 0 aliphatic carbocycles. The first kappa shape index (κ1) is 15.4. The summed E-state index contributed by atoms with van der Waals surface area (Å²) in [5.41, 5.74) is 0. The monoisotopic (exact) mass is 329 g/mol. The molecular weight excluding hydrogens is 317 g/mol. The van der Waals surface area contributed by atoms with Crippen LogP contribution < -0.4 is 5.32 Å². The van der Waals surface area contributed by atoms with Crippen LogP contribution in [0.25, 0.3) is 0 Å². The third kappa shape index (κ3) is 3.99. The summed E-state index contributed by atoms with van der Waals surface area (Å²) >= 11 is 13.6. The summed E-state index contributed by atoms with van der Waals surface area (Å²) < 4.78 is 5.07. The molecule has 0 radical (unpaired) electrons. The van der Waals surface area contributed by atoms with Crippen molar-refractivity contribution in [2.45, 2.75) is 16.5 Å². The van der Waals surface area contributed by atoms with E-state index in [0.29, 0.717) is 22.5 Å². The zero-order valence-corrected chi connectivity index (χ0v) is 13.3. The average Bonchev–Trinajstić information content (AvgIpc) is 2.43. The van der Waals surface area contributed by atoms with Gasteiger partial charge >= 0.3 is 0 Å². The Kier molecular flexibility index (Phi) is 5.48. The van der Waals surface area contributed by atoms with Crippen LogP contribution in [0.1, 0.15) is 5.82 Å². The van der Waals surface area contributed by atoms with Crippen molar-refractivity contribution in [3.8, 4) is 0 Å². The van der Waals surface area contributed by atoms with Crippen molar-refractivity contribution in [2.24, 2.45) is 0 Å². The molecule has 0 aliphatic heterocycles. The van der Waals surface area contributed by atoms with Gasteiger partial charge in [-0.3, -0.25) is 0 Å². The first-order chi connectivity index (χ1) is 9.62. The Balaban J connectivity index is 2.32. The molecule has 1 heterocycles. The lowest BCUT2D eigenvalue weighted by Crippen LogP contribution is -2.02. The fourth-order valence-corrected chi connectivity index (χ4v) is 2.88. The predicted molar refractivity (Wildman–Crippen MR) is 82.9 cm³/mol. The van der Waals surface area contributed by atoms with E-state index in [1.54, 1.807) is 26.3 Å². The maximum absolute atomic E-state index is 6.16. The van der Waals surface area contributed by atoms with Crippen LogP contribution in [0.5, 0.6) is 0 Å². The minimum Gasteiger partial charge on any atom is -0.377 e. The Morgan fingerprint density at radius 3 is 2.75 bits per heavy atom. The van der Waals surface area contributed by atoms with Crippen molar-refractivity contribution < 1.29 is 4.74 Å². The van der Waals surface area contributed by atoms with Gasteiger partial charge in [0.25, 0.3) is 0 Å². The fraction of sp³-hybridized carbons (Fsp3) is 0.231. The summed E-state index contributed by atoms with van der Waals surface area (Å²) in [6.07, 6.45) is 0. The van der Waals surface area contributed by atoms with Crippen LogP contribution in [0.4, 0.5) is 5.82 Å². The molecule has 2 aromatic rings. The minimum absolute atomic E-state index is 0.354. The highest BCUT2D eigenvalue weighted by Crippen LogP contribution is 2.34. The van der Waals surface area contributed by atoms with E-state index >= 15 is 0 Å². The number of hydrogen-bond acceptors (Lipinski definition) is 5. The molecule has 1 aromatic heterocycles. The van der Waals surface area contributed by atoms with Gasteiger partial charge in [0.2, 0.25) is 0 Å². The molecule has 0 atom stereocenters. The molecule has 0 bridgehead atoms.